The van der Waals surface area contributed by atoms with Gasteiger partial charge in [-0.05, 0) is 29.8 Å². The topological polar surface area (TPSA) is 62.5 Å². The molecule has 24 heavy (non-hydrogen) atoms. The molecule has 5 heteroatoms. The quantitative estimate of drug-likeness (QED) is 0.700. The fourth-order valence-electron chi connectivity index (χ4n) is 2.33. The van der Waals surface area contributed by atoms with Crippen molar-refractivity contribution in [2.45, 2.75) is 13.1 Å². The minimum Gasteiger partial charge on any atom is -1.00 e. The molecule has 3 aromatic rings. The molecule has 0 spiro atoms. The number of nitrogens with one attached hydrogen (secondary N) is 1. The van der Waals surface area contributed by atoms with Gasteiger partial charge in [0.1, 0.15) is 11.5 Å². The van der Waals surface area contributed by atoms with Crippen LogP contribution in [0.5, 0.6) is 0 Å². The molecule has 1 heterocycles. The van der Waals surface area contributed by atoms with E-state index in [2.05, 4.69) is 5.32 Å². The molecule has 0 aliphatic heterocycles. The maximum absolute atomic E-state index is 10.8. The van der Waals surface area contributed by atoms with Crippen LogP contribution in [0, 0.1) is 0 Å². The van der Waals surface area contributed by atoms with Crippen LogP contribution in [0.4, 0.5) is 0 Å². The van der Waals surface area contributed by atoms with Gasteiger partial charge in [0.05, 0.1) is 12.1 Å². The first-order valence-electron chi connectivity index (χ1n) is 7.39. The van der Waals surface area contributed by atoms with E-state index in [0.29, 0.717) is 18.7 Å². The van der Waals surface area contributed by atoms with Crippen molar-refractivity contribution in [1.82, 2.24) is 5.32 Å². The van der Waals surface area contributed by atoms with E-state index < -0.39 is 5.97 Å². The predicted octanol–water partition coefficient (Wildman–Crippen LogP) is 0.939. The number of halogens is 1. The lowest BCUT2D eigenvalue weighted by Gasteiger charge is -2.04. The smallest absolute Gasteiger partial charge is 0.335 e. The zero-order valence-corrected chi connectivity index (χ0v) is 13.7. The monoisotopic (exact) mass is 342 g/mol. The Labute approximate surface area is 146 Å². The summed E-state index contributed by atoms with van der Waals surface area (Å²) in [6.45, 7) is 1.27. The molecular formula is C19H17ClNO3-. The highest BCUT2D eigenvalue weighted by atomic mass is 35.5. The highest BCUT2D eigenvalue weighted by Crippen LogP contribution is 2.21. The van der Waals surface area contributed by atoms with E-state index in [9.17, 15) is 4.79 Å². The van der Waals surface area contributed by atoms with Crippen molar-refractivity contribution in [3.63, 3.8) is 0 Å². The Kier molecular flexibility index (Phi) is 6.18. The van der Waals surface area contributed by atoms with Crippen molar-refractivity contribution < 1.29 is 26.7 Å². The van der Waals surface area contributed by atoms with E-state index in [1.807, 2.05) is 54.6 Å². The molecular weight excluding hydrogens is 326 g/mol. The summed E-state index contributed by atoms with van der Waals surface area (Å²) in [6, 6.07) is 20.7. The fourth-order valence-corrected chi connectivity index (χ4v) is 2.33. The number of furan rings is 1. The first-order chi connectivity index (χ1) is 11.2. The van der Waals surface area contributed by atoms with Crippen molar-refractivity contribution in [3.8, 4) is 11.3 Å². The van der Waals surface area contributed by atoms with Gasteiger partial charge >= 0.3 is 5.97 Å². The molecule has 4 nitrogen and oxygen atoms in total. The summed E-state index contributed by atoms with van der Waals surface area (Å²) in [4.78, 5) is 10.8. The van der Waals surface area contributed by atoms with Gasteiger partial charge in [-0.25, -0.2) is 4.79 Å². The highest BCUT2D eigenvalue weighted by molar-refractivity contribution is 5.87. The second-order valence-electron chi connectivity index (χ2n) is 5.24. The Bertz CT molecular complexity index is 782. The molecule has 3 rings (SSSR count). The molecule has 0 bridgehead atoms. The molecule has 124 valence electrons. The van der Waals surface area contributed by atoms with Gasteiger partial charge in [-0.15, -0.1) is 0 Å². The summed E-state index contributed by atoms with van der Waals surface area (Å²) in [6.07, 6.45) is 0. The lowest BCUT2D eigenvalue weighted by molar-refractivity contribution is -0.0000207. The summed E-state index contributed by atoms with van der Waals surface area (Å²) < 4.78 is 5.82. The molecule has 0 saturated heterocycles. The molecule has 0 aliphatic carbocycles. The van der Waals surface area contributed by atoms with Crippen LogP contribution in [-0.2, 0) is 13.1 Å². The molecule has 0 fully saturated rings. The highest BCUT2D eigenvalue weighted by Gasteiger charge is 2.05. The van der Waals surface area contributed by atoms with Crippen molar-refractivity contribution in [1.29, 1.82) is 0 Å². The summed E-state index contributed by atoms with van der Waals surface area (Å²) in [5.74, 6) is 0.813. The second-order valence-corrected chi connectivity index (χ2v) is 5.24. The first kappa shape index (κ1) is 17.8. The van der Waals surface area contributed by atoms with E-state index in [1.54, 1.807) is 12.1 Å². The van der Waals surface area contributed by atoms with Crippen LogP contribution >= 0.6 is 0 Å². The van der Waals surface area contributed by atoms with Gasteiger partial charge in [0.15, 0.2) is 0 Å². The zero-order chi connectivity index (χ0) is 16.1. The first-order valence-corrected chi connectivity index (χ1v) is 7.39. The third-order valence-electron chi connectivity index (χ3n) is 3.55. The number of carboxylic acid groups (broad SMARTS) is 1. The average Bonchev–Trinajstić information content (AvgIpc) is 3.05. The summed E-state index contributed by atoms with van der Waals surface area (Å²) >= 11 is 0. The van der Waals surface area contributed by atoms with Crippen LogP contribution in [0.2, 0.25) is 0 Å². The zero-order valence-electron chi connectivity index (χ0n) is 12.9. The van der Waals surface area contributed by atoms with Crippen molar-refractivity contribution in [3.05, 3.63) is 83.6 Å². The normalized spacial score (nSPS) is 10.2. The lowest BCUT2D eigenvalue weighted by Crippen LogP contribution is -3.00. The molecule has 2 aromatic carbocycles. The summed E-state index contributed by atoms with van der Waals surface area (Å²) in [5.41, 5.74) is 2.39. The largest absolute Gasteiger partial charge is 1.00 e. The number of hydrogen-bond acceptors (Lipinski definition) is 3. The Balaban J connectivity index is 0.00000208. The number of carbonyl (C=O) groups is 1. The SMILES string of the molecule is O=C(O)c1ccc(CNCc2ccc(-c3ccccc3)o2)cc1.[Cl-]. The third-order valence-corrected chi connectivity index (χ3v) is 3.55. The molecule has 0 aliphatic rings. The van der Waals surface area contributed by atoms with Gasteiger partial charge in [-0.1, -0.05) is 42.5 Å². The van der Waals surface area contributed by atoms with E-state index >= 15 is 0 Å². The van der Waals surface area contributed by atoms with Crippen LogP contribution in [-0.4, -0.2) is 11.1 Å². The molecule has 0 amide bonds. The molecule has 0 unspecified atom stereocenters. The Morgan fingerprint density at radius 1 is 0.917 bits per heavy atom. The number of carboxylic acids is 1. The third kappa shape index (κ3) is 4.47. The van der Waals surface area contributed by atoms with E-state index in [-0.39, 0.29) is 12.4 Å². The number of rotatable bonds is 6. The summed E-state index contributed by atoms with van der Waals surface area (Å²) in [5, 5.41) is 12.2. The Hall–Kier alpha value is -2.56. The number of hydrogen-bond donors (Lipinski definition) is 2. The maximum Gasteiger partial charge on any atom is 0.335 e. The van der Waals surface area contributed by atoms with Crippen LogP contribution in [0.15, 0.2) is 71.1 Å². The van der Waals surface area contributed by atoms with Gasteiger partial charge in [-0.3, -0.25) is 0 Å². The predicted molar refractivity (Wildman–Crippen MR) is 88.1 cm³/mol. The lowest BCUT2D eigenvalue weighted by atomic mass is 10.1. The van der Waals surface area contributed by atoms with Crippen LogP contribution < -0.4 is 17.7 Å². The second kappa shape index (κ2) is 8.34. The van der Waals surface area contributed by atoms with Crippen molar-refractivity contribution in [2.24, 2.45) is 0 Å². The van der Waals surface area contributed by atoms with Crippen molar-refractivity contribution >= 4 is 5.97 Å². The van der Waals surface area contributed by atoms with E-state index in [0.717, 1.165) is 22.6 Å². The minimum absolute atomic E-state index is 0. The molecule has 0 atom stereocenters. The Morgan fingerprint density at radius 2 is 1.62 bits per heavy atom. The van der Waals surface area contributed by atoms with Crippen molar-refractivity contribution in [2.75, 3.05) is 0 Å². The summed E-state index contributed by atoms with van der Waals surface area (Å²) in [7, 11) is 0. The number of aromatic carboxylic acids is 1. The maximum atomic E-state index is 10.8. The van der Waals surface area contributed by atoms with Gasteiger partial charge < -0.3 is 27.2 Å². The Morgan fingerprint density at radius 3 is 2.29 bits per heavy atom. The van der Waals surface area contributed by atoms with Gasteiger partial charge in [0.2, 0.25) is 0 Å². The van der Waals surface area contributed by atoms with Gasteiger partial charge in [0.25, 0.3) is 0 Å². The number of benzene rings is 2. The van der Waals surface area contributed by atoms with Gasteiger partial charge in [0, 0.05) is 12.1 Å². The minimum atomic E-state index is -0.909. The van der Waals surface area contributed by atoms with Crippen LogP contribution in [0.1, 0.15) is 21.7 Å². The van der Waals surface area contributed by atoms with Gasteiger partial charge in [-0.2, -0.15) is 0 Å². The standard InChI is InChI=1S/C19H17NO3.ClH/c21-19(22)16-8-6-14(7-9-16)12-20-13-17-10-11-18(23-17)15-4-2-1-3-5-15;/h1-11,20H,12-13H2,(H,21,22);1H/p-1. The molecule has 1 aromatic heterocycles. The molecule has 0 saturated carbocycles. The van der Waals surface area contributed by atoms with Crippen LogP contribution in [0.3, 0.4) is 0 Å². The average molecular weight is 343 g/mol. The molecule has 0 radical (unpaired) electrons. The molecule has 2 N–H and O–H groups in total. The van der Waals surface area contributed by atoms with E-state index in [1.165, 1.54) is 0 Å². The fraction of sp³-hybridized carbons (Fsp3) is 0.105. The van der Waals surface area contributed by atoms with E-state index in [4.69, 9.17) is 9.52 Å². The van der Waals surface area contributed by atoms with Crippen LogP contribution in [0.25, 0.3) is 11.3 Å².